The van der Waals surface area contributed by atoms with E-state index in [4.69, 9.17) is 5.41 Å². The van der Waals surface area contributed by atoms with E-state index >= 15 is 0 Å². The molecule has 2 heteroatoms. The maximum absolute atomic E-state index is 5.77. The lowest BCUT2D eigenvalue weighted by Gasteiger charge is -1.05. The molecule has 0 heterocycles. The zero-order chi connectivity index (χ0) is 2.71. The molecule has 0 amide bonds. The molecule has 0 rings (SSSR count). The van der Waals surface area contributed by atoms with E-state index < -0.39 is 0 Å². The summed E-state index contributed by atoms with van der Waals surface area (Å²) in [5.74, 6) is 0. The number of hydrogen-bond acceptors (Lipinski definition) is 2. The van der Waals surface area contributed by atoms with E-state index in [-0.39, 0.29) is 7.43 Å². The minimum absolute atomic E-state index is 0. The van der Waals surface area contributed by atoms with Crippen LogP contribution in [0.1, 0.15) is 7.43 Å². The summed E-state index contributed by atoms with van der Waals surface area (Å²) in [5, 5.41) is 7.36. The summed E-state index contributed by atoms with van der Waals surface area (Å²) in [6.45, 7) is 0. The highest BCUT2D eigenvalue weighted by molar-refractivity contribution is 7.78. The standard InChI is InChI=1S/CHNS.CH4/c2-1-3;/h2H;1H4. The molecule has 0 saturated carbocycles. The Morgan fingerprint density at radius 1 is 1.75 bits per heavy atom. The molecular weight excluding hydrogens is 70.1 g/mol. The molecule has 0 aromatic rings. The number of rotatable bonds is 0. The van der Waals surface area contributed by atoms with Gasteiger partial charge in [-0.15, -0.1) is 0 Å². The summed E-state index contributed by atoms with van der Waals surface area (Å²) in [5.41, 5.74) is 0. The van der Waals surface area contributed by atoms with Crippen LogP contribution in [0.3, 0.4) is 0 Å². The molecule has 0 aromatic heterocycles. The predicted molar refractivity (Wildman–Crippen MR) is 22.0 cm³/mol. The lowest BCUT2D eigenvalue weighted by Crippen LogP contribution is -1.03. The molecule has 0 fully saturated rings. The highest BCUT2D eigenvalue weighted by atomic mass is 32.1. The molecule has 0 unspecified atom stereocenters. The first-order chi connectivity index (χ1) is 1.41. The maximum atomic E-state index is 5.77. The highest BCUT2D eigenvalue weighted by Gasteiger charge is 0.975. The lowest BCUT2D eigenvalue weighted by molar-refractivity contribution is 1.61. The van der Waals surface area contributed by atoms with Crippen molar-refractivity contribution < 1.29 is 0 Å². The van der Waals surface area contributed by atoms with Crippen molar-refractivity contribution in [1.29, 1.82) is 5.41 Å². The fourth-order valence-electron chi connectivity index (χ4n) is 0. The molecule has 1 N–H and O–H groups in total. The summed E-state index contributed by atoms with van der Waals surface area (Å²) in [7, 11) is 0. The van der Waals surface area contributed by atoms with E-state index in [0.29, 0.717) is 0 Å². The van der Waals surface area contributed by atoms with E-state index in [2.05, 4.69) is 12.2 Å². The maximum Gasteiger partial charge on any atom is 0.0554 e. The first kappa shape index (κ1) is 9.20. The number of hydrogen-bond donors (Lipinski definition) is 1. The quantitative estimate of drug-likeness (QED) is 0.340. The Kier molecular flexibility index (Phi) is 32.6. The van der Waals surface area contributed by atoms with Crippen LogP contribution in [0.25, 0.3) is 0 Å². The second kappa shape index (κ2) is 14.2. The van der Waals surface area contributed by atoms with Crippen LogP contribution in [0.15, 0.2) is 0 Å². The van der Waals surface area contributed by atoms with E-state index in [0.717, 1.165) is 0 Å². The first-order valence-corrected chi connectivity index (χ1v) is 0.862. The largest absolute Gasteiger partial charge is 0.248 e. The Morgan fingerprint density at radius 3 is 1.75 bits per heavy atom. The molecule has 0 radical (unpaired) electrons. The van der Waals surface area contributed by atoms with Crippen molar-refractivity contribution in [3.63, 3.8) is 0 Å². The molecule has 1 nitrogen and oxygen atoms in total. The molecule has 0 bridgehead atoms. The minimum Gasteiger partial charge on any atom is -0.248 e. The van der Waals surface area contributed by atoms with Crippen LogP contribution in [-0.4, -0.2) is 5.16 Å². The van der Waals surface area contributed by atoms with Gasteiger partial charge >= 0.3 is 0 Å². The van der Waals surface area contributed by atoms with Crippen molar-refractivity contribution in [3.05, 3.63) is 0 Å². The van der Waals surface area contributed by atoms with Crippen LogP contribution in [-0.2, 0) is 0 Å². The summed E-state index contributed by atoms with van der Waals surface area (Å²) in [4.78, 5) is 0. The van der Waals surface area contributed by atoms with Gasteiger partial charge in [0.2, 0.25) is 0 Å². The minimum atomic E-state index is 0. The summed E-state index contributed by atoms with van der Waals surface area (Å²) in [6.07, 6.45) is 0. The van der Waals surface area contributed by atoms with E-state index in [9.17, 15) is 0 Å². The SMILES string of the molecule is C.N=C=S. The van der Waals surface area contributed by atoms with Crippen LogP contribution in [0.4, 0.5) is 0 Å². The molecule has 0 spiro atoms. The normalized spacial score (nSPS) is 2.00. The van der Waals surface area contributed by atoms with Gasteiger partial charge in [0.15, 0.2) is 0 Å². The summed E-state index contributed by atoms with van der Waals surface area (Å²) >= 11 is 3.81. The van der Waals surface area contributed by atoms with E-state index in [1.165, 1.54) is 0 Å². The molecule has 0 aromatic carbocycles. The zero-order valence-corrected chi connectivity index (χ0v) is 2.22. The molecule has 0 saturated heterocycles. The summed E-state index contributed by atoms with van der Waals surface area (Å²) in [6, 6.07) is 0. The first-order valence-electron chi connectivity index (χ1n) is 0.454. The van der Waals surface area contributed by atoms with Gasteiger partial charge in [0.05, 0.1) is 5.16 Å². The van der Waals surface area contributed by atoms with Crippen molar-refractivity contribution in [1.82, 2.24) is 0 Å². The van der Waals surface area contributed by atoms with Crippen LogP contribution in [0, 0.1) is 5.41 Å². The lowest BCUT2D eigenvalue weighted by atomic mass is 11.8. The van der Waals surface area contributed by atoms with E-state index in [1.807, 2.05) is 0 Å². The zero-order valence-electron chi connectivity index (χ0n) is 1.41. The highest BCUT2D eigenvalue weighted by Crippen LogP contribution is 1.16. The van der Waals surface area contributed by atoms with Crippen molar-refractivity contribution in [2.45, 2.75) is 7.43 Å². The van der Waals surface area contributed by atoms with Gasteiger partial charge in [0.1, 0.15) is 0 Å². The average molecular weight is 75.1 g/mol. The number of isothiocyanates is 1. The molecule has 24 valence electrons. The topological polar surface area (TPSA) is 23.9 Å². The molecule has 0 atom stereocenters. The van der Waals surface area contributed by atoms with Crippen molar-refractivity contribution in [3.8, 4) is 0 Å². The van der Waals surface area contributed by atoms with Crippen molar-refractivity contribution in [2.24, 2.45) is 0 Å². The molecule has 4 heavy (non-hydrogen) atoms. The second-order valence-corrected chi connectivity index (χ2v) is 0.306. The average Bonchev–Trinajstić information content (AvgIpc) is 0.918. The van der Waals surface area contributed by atoms with Gasteiger partial charge in [-0.3, -0.25) is 0 Å². The molecular formula is C2H5NS. The Balaban J connectivity index is 0. The number of nitrogens with one attached hydrogen (secondary N) is 1. The van der Waals surface area contributed by atoms with Crippen molar-refractivity contribution >= 4 is 17.4 Å². The van der Waals surface area contributed by atoms with E-state index in [1.54, 1.807) is 5.16 Å². The van der Waals surface area contributed by atoms with Crippen LogP contribution in [0.5, 0.6) is 0 Å². The Morgan fingerprint density at radius 2 is 1.75 bits per heavy atom. The van der Waals surface area contributed by atoms with Crippen molar-refractivity contribution in [2.75, 3.05) is 0 Å². The Labute approximate surface area is 31.2 Å². The fraction of sp³-hybridized carbons (Fsp3) is 0.500. The molecule has 0 aliphatic carbocycles. The van der Waals surface area contributed by atoms with Gasteiger partial charge in [-0.2, -0.15) is 0 Å². The fourth-order valence-corrected chi connectivity index (χ4v) is 0. The van der Waals surface area contributed by atoms with Gasteiger partial charge in [-0.25, -0.2) is 5.41 Å². The van der Waals surface area contributed by atoms with Gasteiger partial charge in [0, 0.05) is 0 Å². The monoisotopic (exact) mass is 75.0 g/mol. The van der Waals surface area contributed by atoms with Crippen LogP contribution in [0.2, 0.25) is 0 Å². The van der Waals surface area contributed by atoms with Gasteiger partial charge in [-0.1, -0.05) is 7.43 Å². The molecule has 0 aliphatic rings. The Bertz CT molecular complexity index is 27.0. The van der Waals surface area contributed by atoms with Gasteiger partial charge < -0.3 is 0 Å². The third-order valence-electron chi connectivity index (χ3n) is 0. The second-order valence-electron chi connectivity index (χ2n) is 0.102. The van der Waals surface area contributed by atoms with Gasteiger partial charge in [0.25, 0.3) is 0 Å². The summed E-state index contributed by atoms with van der Waals surface area (Å²) < 4.78 is 0. The van der Waals surface area contributed by atoms with Crippen LogP contribution < -0.4 is 0 Å². The third-order valence-corrected chi connectivity index (χ3v) is 0. The Hall–Kier alpha value is -0.200. The predicted octanol–water partition coefficient (Wildman–Crippen LogP) is 1.30. The smallest absolute Gasteiger partial charge is 0.0554 e. The van der Waals surface area contributed by atoms with Crippen LogP contribution >= 0.6 is 12.2 Å². The molecule has 0 aliphatic heterocycles. The number of thiocarbonyl (C=S) groups is 1. The third kappa shape index (κ3) is 28.8. The van der Waals surface area contributed by atoms with Gasteiger partial charge in [-0.05, 0) is 12.2 Å².